The smallest absolute Gasteiger partial charge is 0.142 e. The summed E-state index contributed by atoms with van der Waals surface area (Å²) in [7, 11) is 0. The number of unbranched alkanes of at least 4 members (excludes halogenated alkanes) is 1. The van der Waals surface area contributed by atoms with E-state index in [1.807, 2.05) is 12.1 Å². The van der Waals surface area contributed by atoms with Crippen molar-refractivity contribution < 1.29 is 4.74 Å². The number of ether oxygens (including phenoxy) is 1. The van der Waals surface area contributed by atoms with Crippen LogP contribution in [0.15, 0.2) is 30.9 Å². The molecule has 2 nitrogen and oxygen atoms in total. The molecule has 16 heavy (non-hydrogen) atoms. The molecule has 1 aromatic rings. The maximum Gasteiger partial charge on any atom is 0.142 e. The molecular formula is C14H19NO. The number of benzene rings is 1. The molecule has 0 saturated carbocycles. The number of hydrogen-bond donors (Lipinski definition) is 1. The van der Waals surface area contributed by atoms with E-state index in [1.165, 1.54) is 17.7 Å². The van der Waals surface area contributed by atoms with Crippen molar-refractivity contribution in [2.24, 2.45) is 0 Å². The van der Waals surface area contributed by atoms with Crippen LogP contribution >= 0.6 is 0 Å². The van der Waals surface area contributed by atoms with E-state index in [0.29, 0.717) is 0 Å². The van der Waals surface area contributed by atoms with Crippen LogP contribution < -0.4 is 10.1 Å². The summed E-state index contributed by atoms with van der Waals surface area (Å²) < 4.78 is 5.80. The Labute approximate surface area is 97.3 Å². The maximum absolute atomic E-state index is 5.80. The summed E-state index contributed by atoms with van der Waals surface area (Å²) in [6.45, 7) is 5.53. The van der Waals surface area contributed by atoms with Crippen molar-refractivity contribution in [1.82, 2.24) is 0 Å². The minimum absolute atomic E-state index is 0.768. The van der Waals surface area contributed by atoms with Crippen LogP contribution in [0.1, 0.15) is 24.8 Å². The van der Waals surface area contributed by atoms with E-state index in [1.54, 1.807) is 0 Å². The predicted molar refractivity (Wildman–Crippen MR) is 68.2 cm³/mol. The fourth-order valence-corrected chi connectivity index (χ4v) is 2.01. The van der Waals surface area contributed by atoms with Crippen LogP contribution in [0.2, 0.25) is 0 Å². The number of allylic oxidation sites excluding steroid dienone is 1. The van der Waals surface area contributed by atoms with E-state index in [9.17, 15) is 0 Å². The Hall–Kier alpha value is -1.44. The topological polar surface area (TPSA) is 21.3 Å². The van der Waals surface area contributed by atoms with Crippen molar-refractivity contribution in [2.75, 3.05) is 18.5 Å². The molecule has 0 spiro atoms. The Morgan fingerprint density at radius 3 is 3.25 bits per heavy atom. The zero-order valence-corrected chi connectivity index (χ0v) is 9.67. The van der Waals surface area contributed by atoms with Gasteiger partial charge in [0, 0.05) is 6.54 Å². The molecule has 0 atom stereocenters. The SMILES string of the molecule is C=CCCCOc1cccc2c1NCCC2. The predicted octanol–water partition coefficient (Wildman–Crippen LogP) is 3.39. The van der Waals surface area contributed by atoms with Gasteiger partial charge in [-0.05, 0) is 37.3 Å². The first-order valence-electron chi connectivity index (χ1n) is 6.01. The van der Waals surface area contributed by atoms with Crippen molar-refractivity contribution in [3.05, 3.63) is 36.4 Å². The van der Waals surface area contributed by atoms with Gasteiger partial charge in [-0.1, -0.05) is 18.2 Å². The second kappa shape index (κ2) is 5.59. The van der Waals surface area contributed by atoms with E-state index in [4.69, 9.17) is 4.74 Å². The third-order valence-corrected chi connectivity index (χ3v) is 2.85. The molecule has 0 bridgehead atoms. The molecule has 1 aromatic carbocycles. The molecular weight excluding hydrogens is 198 g/mol. The number of para-hydroxylation sites is 1. The van der Waals surface area contributed by atoms with Gasteiger partial charge in [0.2, 0.25) is 0 Å². The molecule has 2 heteroatoms. The van der Waals surface area contributed by atoms with E-state index < -0.39 is 0 Å². The van der Waals surface area contributed by atoms with Gasteiger partial charge >= 0.3 is 0 Å². The van der Waals surface area contributed by atoms with Gasteiger partial charge in [0.15, 0.2) is 0 Å². The van der Waals surface area contributed by atoms with Crippen LogP contribution in [0, 0.1) is 0 Å². The minimum Gasteiger partial charge on any atom is -0.491 e. The van der Waals surface area contributed by atoms with Crippen LogP contribution in [0.3, 0.4) is 0 Å². The van der Waals surface area contributed by atoms with Crippen molar-refractivity contribution in [3.63, 3.8) is 0 Å². The van der Waals surface area contributed by atoms with Crippen LogP contribution in [-0.4, -0.2) is 13.2 Å². The highest BCUT2D eigenvalue weighted by atomic mass is 16.5. The summed E-state index contributed by atoms with van der Waals surface area (Å²) in [6.07, 6.45) is 6.36. The quantitative estimate of drug-likeness (QED) is 0.603. The number of aryl methyl sites for hydroxylation is 1. The van der Waals surface area contributed by atoms with Crippen LogP contribution in [0.5, 0.6) is 5.75 Å². The fraction of sp³-hybridized carbons (Fsp3) is 0.429. The lowest BCUT2D eigenvalue weighted by Crippen LogP contribution is -2.13. The van der Waals surface area contributed by atoms with Crippen molar-refractivity contribution >= 4 is 5.69 Å². The first-order chi connectivity index (χ1) is 7.92. The molecule has 2 rings (SSSR count). The second-order valence-corrected chi connectivity index (χ2v) is 4.10. The maximum atomic E-state index is 5.80. The summed E-state index contributed by atoms with van der Waals surface area (Å²) in [5, 5.41) is 3.43. The number of anilines is 1. The lowest BCUT2D eigenvalue weighted by atomic mass is 10.0. The number of fused-ring (bicyclic) bond motifs is 1. The highest BCUT2D eigenvalue weighted by molar-refractivity contribution is 5.63. The van der Waals surface area contributed by atoms with Gasteiger partial charge in [0.05, 0.1) is 12.3 Å². The van der Waals surface area contributed by atoms with E-state index >= 15 is 0 Å². The van der Waals surface area contributed by atoms with Crippen LogP contribution in [0.4, 0.5) is 5.69 Å². The second-order valence-electron chi connectivity index (χ2n) is 4.10. The van der Waals surface area contributed by atoms with E-state index in [2.05, 4.69) is 24.0 Å². The Balaban J connectivity index is 2.00. The number of nitrogens with one attached hydrogen (secondary N) is 1. The molecule has 0 aromatic heterocycles. The van der Waals surface area contributed by atoms with Gasteiger partial charge in [0.1, 0.15) is 5.75 Å². The minimum atomic E-state index is 0.768. The molecule has 0 radical (unpaired) electrons. The third kappa shape index (κ3) is 2.57. The van der Waals surface area contributed by atoms with Gasteiger partial charge in [-0.2, -0.15) is 0 Å². The largest absolute Gasteiger partial charge is 0.491 e. The lowest BCUT2D eigenvalue weighted by Gasteiger charge is -2.21. The van der Waals surface area contributed by atoms with Gasteiger partial charge < -0.3 is 10.1 Å². The number of rotatable bonds is 5. The summed E-state index contributed by atoms with van der Waals surface area (Å²) in [6, 6.07) is 6.30. The van der Waals surface area contributed by atoms with Gasteiger partial charge in [-0.3, -0.25) is 0 Å². The summed E-state index contributed by atoms with van der Waals surface area (Å²) in [4.78, 5) is 0. The Bertz CT molecular complexity index is 360. The van der Waals surface area contributed by atoms with E-state index in [-0.39, 0.29) is 0 Å². The summed E-state index contributed by atoms with van der Waals surface area (Å²) >= 11 is 0. The monoisotopic (exact) mass is 217 g/mol. The lowest BCUT2D eigenvalue weighted by molar-refractivity contribution is 0.313. The summed E-state index contributed by atoms with van der Waals surface area (Å²) in [5.74, 6) is 1.00. The molecule has 0 unspecified atom stereocenters. The number of hydrogen-bond acceptors (Lipinski definition) is 2. The van der Waals surface area contributed by atoms with Crippen molar-refractivity contribution in [1.29, 1.82) is 0 Å². The van der Waals surface area contributed by atoms with Gasteiger partial charge in [0.25, 0.3) is 0 Å². The molecule has 1 aliphatic heterocycles. The molecule has 0 aliphatic carbocycles. The molecule has 0 fully saturated rings. The summed E-state index contributed by atoms with van der Waals surface area (Å²) in [5.41, 5.74) is 2.58. The van der Waals surface area contributed by atoms with Crippen molar-refractivity contribution in [3.8, 4) is 5.75 Å². The zero-order valence-electron chi connectivity index (χ0n) is 9.67. The fourth-order valence-electron chi connectivity index (χ4n) is 2.01. The molecule has 1 aliphatic rings. The Kier molecular flexibility index (Phi) is 3.86. The Morgan fingerprint density at radius 1 is 1.44 bits per heavy atom. The third-order valence-electron chi connectivity index (χ3n) is 2.85. The van der Waals surface area contributed by atoms with Gasteiger partial charge in [-0.15, -0.1) is 6.58 Å². The standard InChI is InChI=1S/C14H19NO/c1-2-3-4-11-16-13-9-5-7-12-8-6-10-15-14(12)13/h2,5,7,9,15H,1,3-4,6,8,10-11H2. The molecule has 1 N–H and O–H groups in total. The highest BCUT2D eigenvalue weighted by Gasteiger charge is 2.12. The van der Waals surface area contributed by atoms with Crippen LogP contribution in [0.25, 0.3) is 0 Å². The highest BCUT2D eigenvalue weighted by Crippen LogP contribution is 2.31. The molecule has 86 valence electrons. The average Bonchev–Trinajstić information content (AvgIpc) is 2.35. The first-order valence-corrected chi connectivity index (χ1v) is 6.01. The molecule has 0 saturated heterocycles. The van der Waals surface area contributed by atoms with Crippen LogP contribution in [-0.2, 0) is 6.42 Å². The zero-order chi connectivity index (χ0) is 11.2. The molecule has 0 amide bonds. The Morgan fingerprint density at radius 2 is 2.38 bits per heavy atom. The van der Waals surface area contributed by atoms with Gasteiger partial charge in [-0.25, -0.2) is 0 Å². The normalized spacial score (nSPS) is 13.8. The van der Waals surface area contributed by atoms with E-state index in [0.717, 1.165) is 38.2 Å². The first kappa shape index (κ1) is 11.1. The van der Waals surface area contributed by atoms with Crippen molar-refractivity contribution in [2.45, 2.75) is 25.7 Å². The average molecular weight is 217 g/mol. The molecule has 1 heterocycles.